The third-order valence-corrected chi connectivity index (χ3v) is 5.62. The van der Waals surface area contributed by atoms with Gasteiger partial charge in [0.15, 0.2) is 11.4 Å². The lowest BCUT2D eigenvalue weighted by atomic mass is 9.87. The SMILES string of the molecule is COc1cc(Br)ccc1C1=NC(=O)C(C)(NC(=O)C2CCCCC2)C(N)=N1. The van der Waals surface area contributed by atoms with E-state index in [1.165, 1.54) is 7.11 Å². The molecule has 144 valence electrons. The van der Waals surface area contributed by atoms with Gasteiger partial charge in [-0.15, -0.1) is 0 Å². The summed E-state index contributed by atoms with van der Waals surface area (Å²) in [7, 11) is 1.53. The Balaban J connectivity index is 1.85. The Morgan fingerprint density at radius 3 is 2.63 bits per heavy atom. The van der Waals surface area contributed by atoms with Crippen molar-refractivity contribution in [3.8, 4) is 5.75 Å². The van der Waals surface area contributed by atoms with Crippen molar-refractivity contribution in [3.63, 3.8) is 0 Å². The van der Waals surface area contributed by atoms with Gasteiger partial charge in [-0.05, 0) is 38.0 Å². The Hall–Kier alpha value is -2.22. The largest absolute Gasteiger partial charge is 0.496 e. The lowest BCUT2D eigenvalue weighted by Gasteiger charge is -2.32. The van der Waals surface area contributed by atoms with Gasteiger partial charge in [-0.2, -0.15) is 4.99 Å². The van der Waals surface area contributed by atoms with E-state index in [1.807, 2.05) is 0 Å². The van der Waals surface area contributed by atoms with Gasteiger partial charge in [0.1, 0.15) is 11.6 Å². The molecular formula is C19H23BrN4O3. The zero-order valence-electron chi connectivity index (χ0n) is 15.4. The van der Waals surface area contributed by atoms with Gasteiger partial charge in [-0.1, -0.05) is 35.2 Å². The first kappa shape index (κ1) is 19.5. The second-order valence-corrected chi connectivity index (χ2v) is 7.95. The number of benzene rings is 1. The summed E-state index contributed by atoms with van der Waals surface area (Å²) in [6, 6.07) is 5.30. The first-order valence-electron chi connectivity index (χ1n) is 8.99. The lowest BCUT2D eigenvalue weighted by molar-refractivity contribution is -0.131. The molecule has 1 fully saturated rings. The standard InChI is InChI=1S/C19H23BrN4O3/c1-19(24-16(25)11-6-4-3-5-7-11)17(21)22-15(23-18(19)26)13-9-8-12(20)10-14(13)27-2/h8-11H,3-7H2,1-2H3,(H,24,25)(H2,21,22,23,26). The molecule has 2 amide bonds. The number of methoxy groups -OCH3 is 1. The van der Waals surface area contributed by atoms with Gasteiger partial charge in [-0.25, -0.2) is 4.99 Å². The molecule has 0 spiro atoms. The molecule has 7 nitrogen and oxygen atoms in total. The summed E-state index contributed by atoms with van der Waals surface area (Å²) in [5.74, 6) is -0.0870. The van der Waals surface area contributed by atoms with Crippen LogP contribution in [0.3, 0.4) is 0 Å². The third-order valence-electron chi connectivity index (χ3n) is 5.13. The highest BCUT2D eigenvalue weighted by Gasteiger charge is 2.43. The molecule has 2 aliphatic rings. The number of halogens is 1. The Morgan fingerprint density at radius 1 is 1.30 bits per heavy atom. The lowest BCUT2D eigenvalue weighted by Crippen LogP contribution is -2.62. The second kappa shape index (κ2) is 7.80. The van der Waals surface area contributed by atoms with Crippen LogP contribution in [0.25, 0.3) is 0 Å². The molecular weight excluding hydrogens is 412 g/mol. The molecule has 1 aliphatic carbocycles. The molecule has 0 bridgehead atoms. The van der Waals surface area contributed by atoms with Crippen molar-refractivity contribution in [1.29, 1.82) is 0 Å². The smallest absolute Gasteiger partial charge is 0.281 e. The predicted octanol–water partition coefficient (Wildman–Crippen LogP) is 2.56. The second-order valence-electron chi connectivity index (χ2n) is 7.03. The number of carbonyl (C=O) groups excluding carboxylic acids is 2. The molecule has 1 atom stereocenters. The number of nitrogens with one attached hydrogen (secondary N) is 1. The van der Waals surface area contributed by atoms with E-state index in [9.17, 15) is 9.59 Å². The van der Waals surface area contributed by atoms with Crippen LogP contribution in [0, 0.1) is 5.92 Å². The zero-order chi connectivity index (χ0) is 19.6. The molecule has 3 rings (SSSR count). The van der Waals surface area contributed by atoms with Crippen LogP contribution in [0.5, 0.6) is 5.75 Å². The first-order chi connectivity index (χ1) is 12.8. The molecule has 0 saturated heterocycles. The molecule has 27 heavy (non-hydrogen) atoms. The molecule has 1 aliphatic heterocycles. The van der Waals surface area contributed by atoms with E-state index in [1.54, 1.807) is 25.1 Å². The molecule has 1 unspecified atom stereocenters. The van der Waals surface area contributed by atoms with Gasteiger partial charge in [-0.3, -0.25) is 9.59 Å². The highest BCUT2D eigenvalue weighted by Crippen LogP contribution is 2.28. The van der Waals surface area contributed by atoms with Crippen molar-refractivity contribution in [2.45, 2.75) is 44.6 Å². The summed E-state index contributed by atoms with van der Waals surface area (Å²) < 4.78 is 6.17. The van der Waals surface area contributed by atoms with Crippen LogP contribution in [-0.2, 0) is 9.59 Å². The first-order valence-corrected chi connectivity index (χ1v) is 9.78. The number of hydrogen-bond acceptors (Lipinski definition) is 5. The molecule has 8 heteroatoms. The number of nitrogens with two attached hydrogens (primary N) is 1. The number of rotatable bonds is 4. The number of amidine groups is 2. The summed E-state index contributed by atoms with van der Waals surface area (Å²) in [5.41, 5.74) is 5.24. The monoisotopic (exact) mass is 434 g/mol. The fourth-order valence-corrected chi connectivity index (χ4v) is 3.71. The van der Waals surface area contributed by atoms with E-state index in [4.69, 9.17) is 10.5 Å². The van der Waals surface area contributed by atoms with E-state index in [2.05, 4.69) is 31.2 Å². The normalized spacial score (nSPS) is 23.4. The maximum Gasteiger partial charge on any atom is 0.281 e. The molecule has 1 aromatic rings. The molecule has 1 saturated carbocycles. The number of carbonyl (C=O) groups is 2. The Kier molecular flexibility index (Phi) is 5.64. The van der Waals surface area contributed by atoms with Gasteiger partial charge < -0.3 is 15.8 Å². The fraction of sp³-hybridized carbons (Fsp3) is 0.474. The number of hydrogen-bond donors (Lipinski definition) is 2. The van der Waals surface area contributed by atoms with Gasteiger partial charge >= 0.3 is 0 Å². The van der Waals surface area contributed by atoms with E-state index in [0.717, 1.165) is 36.6 Å². The Bertz CT molecular complexity index is 830. The number of ether oxygens (including phenoxy) is 1. The van der Waals surface area contributed by atoms with Crippen LogP contribution < -0.4 is 15.8 Å². The topological polar surface area (TPSA) is 106 Å². The summed E-state index contributed by atoms with van der Waals surface area (Å²) in [5, 5.41) is 2.78. The zero-order valence-corrected chi connectivity index (χ0v) is 17.0. The van der Waals surface area contributed by atoms with Crippen molar-refractivity contribution in [3.05, 3.63) is 28.2 Å². The highest BCUT2D eigenvalue weighted by molar-refractivity contribution is 9.10. The maximum absolute atomic E-state index is 12.8. The summed E-state index contributed by atoms with van der Waals surface area (Å²) >= 11 is 3.37. The van der Waals surface area contributed by atoms with Crippen molar-refractivity contribution in [2.24, 2.45) is 21.6 Å². The summed E-state index contributed by atoms with van der Waals surface area (Å²) in [4.78, 5) is 33.8. The number of nitrogens with zero attached hydrogens (tertiary/aromatic N) is 2. The quantitative estimate of drug-likeness (QED) is 0.758. The number of aliphatic imine (C=N–C) groups is 2. The highest BCUT2D eigenvalue weighted by atomic mass is 79.9. The fourth-order valence-electron chi connectivity index (χ4n) is 3.37. The predicted molar refractivity (Wildman–Crippen MR) is 107 cm³/mol. The average Bonchev–Trinajstić information content (AvgIpc) is 2.66. The molecule has 1 heterocycles. The van der Waals surface area contributed by atoms with E-state index < -0.39 is 11.4 Å². The van der Waals surface area contributed by atoms with Crippen LogP contribution in [0.15, 0.2) is 32.7 Å². The van der Waals surface area contributed by atoms with Gasteiger partial charge in [0.25, 0.3) is 5.91 Å². The summed E-state index contributed by atoms with van der Waals surface area (Å²) in [6.07, 6.45) is 4.86. The van der Waals surface area contributed by atoms with Crippen molar-refractivity contribution in [2.75, 3.05) is 7.11 Å². The maximum atomic E-state index is 12.8. The van der Waals surface area contributed by atoms with E-state index in [-0.39, 0.29) is 23.5 Å². The minimum Gasteiger partial charge on any atom is -0.496 e. The van der Waals surface area contributed by atoms with Crippen LogP contribution in [0.2, 0.25) is 0 Å². The van der Waals surface area contributed by atoms with Crippen molar-refractivity contribution < 1.29 is 14.3 Å². The van der Waals surface area contributed by atoms with Gasteiger partial charge in [0.05, 0.1) is 12.7 Å². The Labute approximate surface area is 166 Å². The minimum atomic E-state index is -1.43. The van der Waals surface area contributed by atoms with Gasteiger partial charge in [0.2, 0.25) is 5.91 Å². The van der Waals surface area contributed by atoms with Crippen molar-refractivity contribution in [1.82, 2.24) is 5.32 Å². The van der Waals surface area contributed by atoms with Gasteiger partial charge in [0, 0.05) is 10.4 Å². The van der Waals surface area contributed by atoms with E-state index >= 15 is 0 Å². The van der Waals surface area contributed by atoms with Crippen LogP contribution in [0.1, 0.15) is 44.6 Å². The Morgan fingerprint density at radius 2 is 2.00 bits per heavy atom. The molecule has 1 aromatic carbocycles. The van der Waals surface area contributed by atoms with Crippen LogP contribution in [0.4, 0.5) is 0 Å². The van der Waals surface area contributed by atoms with Crippen LogP contribution >= 0.6 is 15.9 Å². The van der Waals surface area contributed by atoms with E-state index in [0.29, 0.717) is 11.3 Å². The molecule has 0 aromatic heterocycles. The average molecular weight is 435 g/mol. The van der Waals surface area contributed by atoms with Crippen molar-refractivity contribution >= 4 is 39.4 Å². The number of amides is 2. The minimum absolute atomic E-state index is 0.0200. The summed E-state index contributed by atoms with van der Waals surface area (Å²) in [6.45, 7) is 1.55. The molecule has 3 N–H and O–H groups in total. The third kappa shape index (κ3) is 3.90. The molecule has 0 radical (unpaired) electrons. The van der Waals surface area contributed by atoms with Crippen LogP contribution in [-0.4, -0.2) is 36.1 Å².